The number of ether oxygens (including phenoxy) is 3. The van der Waals surface area contributed by atoms with E-state index < -0.39 is 18.0 Å². The first-order chi connectivity index (χ1) is 19.0. The third-order valence-electron chi connectivity index (χ3n) is 12.8. The number of hydroxylamine groups is 2. The van der Waals surface area contributed by atoms with Crippen LogP contribution in [0.25, 0.3) is 0 Å². The van der Waals surface area contributed by atoms with Crippen molar-refractivity contribution in [3.05, 3.63) is 11.6 Å². The molecule has 8 heteroatoms. The maximum atomic E-state index is 12.4. The van der Waals surface area contributed by atoms with E-state index in [1.54, 1.807) is 0 Å². The van der Waals surface area contributed by atoms with Gasteiger partial charge in [-0.3, -0.25) is 14.4 Å². The number of carbonyl (C=O) groups excluding carboxylic acids is 3. The Morgan fingerprint density at radius 2 is 1.80 bits per heavy atom. The zero-order valence-corrected chi connectivity index (χ0v) is 24.5. The van der Waals surface area contributed by atoms with Crippen molar-refractivity contribution in [1.82, 2.24) is 5.06 Å². The van der Waals surface area contributed by atoms with Gasteiger partial charge in [-0.05, 0) is 85.4 Å². The van der Waals surface area contributed by atoms with Crippen LogP contribution >= 0.6 is 0 Å². The van der Waals surface area contributed by atoms with Crippen LogP contribution in [0.15, 0.2) is 11.6 Å². The van der Waals surface area contributed by atoms with Crippen LogP contribution in [0.5, 0.6) is 0 Å². The number of nitrogens with zero attached hydrogens (tertiary/aromatic N) is 1. The molecule has 3 heterocycles. The lowest BCUT2D eigenvalue weighted by atomic mass is 9.47. The summed E-state index contributed by atoms with van der Waals surface area (Å²) in [6.07, 6.45) is 11.0. The molecule has 4 aliphatic carbocycles. The van der Waals surface area contributed by atoms with Crippen molar-refractivity contribution in [3.63, 3.8) is 0 Å². The third kappa shape index (κ3) is 3.87. The molecule has 7 aliphatic rings. The van der Waals surface area contributed by atoms with Gasteiger partial charge in [0, 0.05) is 31.6 Å². The molecule has 7 rings (SSSR count). The monoisotopic (exact) mass is 555 g/mol. The number of rotatable bonds is 2. The van der Waals surface area contributed by atoms with Crippen molar-refractivity contribution in [1.29, 1.82) is 0 Å². The van der Waals surface area contributed by atoms with Gasteiger partial charge < -0.3 is 14.2 Å². The SMILES string of the molecule is C[C@@H]1CC[C@@]2(OC1)O[C@H]1C[C@H]3[C@@H]4CC=C5C[C@@H](OC(=O)ON6C(=O)CCC6=O)CC[C@]5(C)[C@H]4CC[C@]3(C)[C@H]1[C@@H]2C. The van der Waals surface area contributed by atoms with E-state index in [1.165, 1.54) is 24.8 Å². The lowest BCUT2D eigenvalue weighted by Crippen LogP contribution is -2.52. The van der Waals surface area contributed by atoms with Gasteiger partial charge in [0.2, 0.25) is 0 Å². The van der Waals surface area contributed by atoms with Gasteiger partial charge in [-0.25, -0.2) is 4.79 Å². The van der Waals surface area contributed by atoms with Crippen LogP contribution in [0.3, 0.4) is 0 Å². The summed E-state index contributed by atoms with van der Waals surface area (Å²) in [6, 6.07) is 0. The Balaban J connectivity index is 1.04. The van der Waals surface area contributed by atoms with E-state index in [1.807, 2.05) is 0 Å². The Bertz CT molecular complexity index is 1110. The average molecular weight is 556 g/mol. The van der Waals surface area contributed by atoms with Gasteiger partial charge in [-0.1, -0.05) is 44.4 Å². The van der Waals surface area contributed by atoms with Crippen LogP contribution in [0.1, 0.15) is 98.3 Å². The van der Waals surface area contributed by atoms with Crippen molar-refractivity contribution in [2.75, 3.05) is 6.61 Å². The number of amides is 2. The number of fused-ring (bicyclic) bond motifs is 7. The molecule has 0 radical (unpaired) electrons. The Morgan fingerprint density at radius 3 is 2.52 bits per heavy atom. The molecule has 0 unspecified atom stereocenters. The lowest BCUT2D eigenvalue weighted by molar-refractivity contribution is -0.272. The van der Waals surface area contributed by atoms with E-state index >= 15 is 0 Å². The predicted molar refractivity (Wildman–Crippen MR) is 144 cm³/mol. The van der Waals surface area contributed by atoms with E-state index in [2.05, 4.69) is 33.8 Å². The molecule has 0 aromatic rings. The zero-order chi connectivity index (χ0) is 28.0. The van der Waals surface area contributed by atoms with Gasteiger partial charge >= 0.3 is 6.16 Å². The first-order valence-electron chi connectivity index (χ1n) is 15.8. The van der Waals surface area contributed by atoms with E-state index in [-0.39, 0.29) is 35.6 Å². The lowest BCUT2D eigenvalue weighted by Gasteiger charge is -2.58. The van der Waals surface area contributed by atoms with Crippen molar-refractivity contribution >= 4 is 18.0 Å². The minimum absolute atomic E-state index is 0.0732. The summed E-state index contributed by atoms with van der Waals surface area (Å²) in [6.45, 7) is 10.5. The van der Waals surface area contributed by atoms with E-state index in [9.17, 15) is 14.4 Å². The minimum atomic E-state index is -0.958. The molecule has 0 aromatic heterocycles. The van der Waals surface area contributed by atoms with E-state index in [0.717, 1.165) is 38.7 Å². The molecule has 220 valence electrons. The average Bonchev–Trinajstić information content (AvgIpc) is 3.50. The third-order valence-corrected chi connectivity index (χ3v) is 12.8. The fraction of sp³-hybridized carbons (Fsp3) is 0.844. The molecule has 0 bridgehead atoms. The highest BCUT2D eigenvalue weighted by Gasteiger charge is 2.68. The second kappa shape index (κ2) is 9.29. The molecule has 2 amide bonds. The molecule has 11 atom stereocenters. The molecule has 0 aromatic carbocycles. The maximum Gasteiger partial charge on any atom is 0.534 e. The Morgan fingerprint density at radius 1 is 1.02 bits per heavy atom. The standard InChI is InChI=1S/C32H45NO7/c1-18-9-14-32(37-17-18)19(2)28-25(39-32)16-24-22-6-5-20-15-21(38-29(36)40-33-26(34)7-8-27(33)35)10-12-30(20,3)23(22)11-13-31(24,28)4/h5,18-19,21-25,28H,6-17H2,1-4H3/t18-,19+,21+,22-,23+,24+,25+,28+,30+,31+,32-/m1/s1. The summed E-state index contributed by atoms with van der Waals surface area (Å²) in [5.74, 6) is 2.22. The summed E-state index contributed by atoms with van der Waals surface area (Å²) in [4.78, 5) is 41.0. The molecule has 3 saturated heterocycles. The van der Waals surface area contributed by atoms with Crippen LogP contribution in [-0.4, -0.2) is 47.6 Å². The van der Waals surface area contributed by atoms with E-state index in [4.69, 9.17) is 19.0 Å². The van der Waals surface area contributed by atoms with Gasteiger partial charge in [0.05, 0.1) is 12.7 Å². The number of imide groups is 1. The van der Waals surface area contributed by atoms with Gasteiger partial charge in [-0.15, -0.1) is 0 Å². The molecule has 8 nitrogen and oxygen atoms in total. The molecular formula is C32H45NO7. The summed E-state index contributed by atoms with van der Waals surface area (Å²) in [5, 5.41) is 0.559. The fourth-order valence-electron chi connectivity index (χ4n) is 10.6. The zero-order valence-electron chi connectivity index (χ0n) is 24.5. The minimum Gasteiger partial charge on any atom is -0.429 e. The highest BCUT2D eigenvalue weighted by molar-refractivity contribution is 6.01. The second-order valence-electron chi connectivity index (χ2n) is 14.7. The molecule has 3 aliphatic heterocycles. The fourth-order valence-corrected chi connectivity index (χ4v) is 10.6. The van der Waals surface area contributed by atoms with Crippen molar-refractivity contribution in [3.8, 4) is 0 Å². The molecular weight excluding hydrogens is 510 g/mol. The maximum absolute atomic E-state index is 12.4. The quantitative estimate of drug-likeness (QED) is 0.237. The van der Waals surface area contributed by atoms with E-state index in [0.29, 0.717) is 53.1 Å². The molecule has 6 fully saturated rings. The van der Waals surface area contributed by atoms with Crippen molar-refractivity contribution in [2.24, 2.45) is 46.3 Å². The van der Waals surface area contributed by atoms with Gasteiger partial charge in [-0.2, -0.15) is 0 Å². The topological polar surface area (TPSA) is 91.4 Å². The van der Waals surface area contributed by atoms with Crippen LogP contribution in [0, 0.1) is 46.3 Å². The smallest absolute Gasteiger partial charge is 0.429 e. The summed E-state index contributed by atoms with van der Waals surface area (Å²) in [7, 11) is 0. The summed E-state index contributed by atoms with van der Waals surface area (Å²) < 4.78 is 19.0. The van der Waals surface area contributed by atoms with Crippen LogP contribution in [0.2, 0.25) is 0 Å². The van der Waals surface area contributed by atoms with Crippen LogP contribution in [0.4, 0.5) is 4.79 Å². The van der Waals surface area contributed by atoms with Crippen molar-refractivity contribution in [2.45, 2.75) is 116 Å². The molecule has 40 heavy (non-hydrogen) atoms. The molecule has 0 N–H and O–H groups in total. The van der Waals surface area contributed by atoms with Gasteiger partial charge in [0.25, 0.3) is 11.8 Å². The number of allylic oxidation sites excluding steroid dienone is 1. The van der Waals surface area contributed by atoms with Crippen LogP contribution < -0.4 is 0 Å². The number of hydrogen-bond donors (Lipinski definition) is 0. The highest BCUT2D eigenvalue weighted by atomic mass is 16.8. The molecule has 1 spiro atoms. The normalized spacial score (nSPS) is 49.7. The van der Waals surface area contributed by atoms with Crippen molar-refractivity contribution < 1.29 is 33.4 Å². The predicted octanol–water partition coefficient (Wildman–Crippen LogP) is 5.94. The number of hydrogen-bond acceptors (Lipinski definition) is 7. The van der Waals surface area contributed by atoms with Gasteiger partial charge in [0.15, 0.2) is 5.79 Å². The Labute approximate surface area is 237 Å². The Kier molecular flexibility index (Phi) is 6.25. The highest BCUT2D eigenvalue weighted by Crippen LogP contribution is 2.70. The number of carbonyl (C=O) groups is 3. The van der Waals surface area contributed by atoms with Crippen LogP contribution in [-0.2, 0) is 28.6 Å². The Hall–Kier alpha value is -1.93. The molecule has 3 saturated carbocycles. The summed E-state index contributed by atoms with van der Waals surface area (Å²) >= 11 is 0. The second-order valence-corrected chi connectivity index (χ2v) is 14.7. The first kappa shape index (κ1) is 26.9. The largest absolute Gasteiger partial charge is 0.534 e. The summed E-state index contributed by atoms with van der Waals surface area (Å²) in [5.41, 5.74) is 1.81. The van der Waals surface area contributed by atoms with Gasteiger partial charge in [0.1, 0.15) is 6.10 Å². The first-order valence-corrected chi connectivity index (χ1v) is 15.8.